The Morgan fingerprint density at radius 2 is 1.53 bits per heavy atom. The van der Waals surface area contributed by atoms with Crippen LogP contribution in [-0.2, 0) is 0 Å². The van der Waals surface area contributed by atoms with Gasteiger partial charge in [-0.25, -0.2) is 4.39 Å². The van der Waals surface area contributed by atoms with Crippen molar-refractivity contribution in [1.29, 1.82) is 0 Å². The summed E-state index contributed by atoms with van der Waals surface area (Å²) in [5.41, 5.74) is 1.15. The second-order valence-electron chi connectivity index (χ2n) is 9.68. The summed E-state index contributed by atoms with van der Waals surface area (Å²) in [5, 5.41) is 1.05. The molecule has 0 spiro atoms. The Morgan fingerprint density at radius 3 is 2.19 bits per heavy atom. The number of fused-ring (bicyclic) bond motifs is 1. The Balaban J connectivity index is 1.41. The van der Waals surface area contributed by atoms with Crippen LogP contribution in [0.3, 0.4) is 0 Å². The van der Waals surface area contributed by atoms with Gasteiger partial charge in [-0.3, -0.25) is 0 Å². The fraction of sp³-hybridized carbons (Fsp3) is 0.517. The highest BCUT2D eigenvalue weighted by molar-refractivity contribution is 5.85. The summed E-state index contributed by atoms with van der Waals surface area (Å²) in [4.78, 5) is 0. The Morgan fingerprint density at radius 1 is 0.844 bits per heavy atom. The van der Waals surface area contributed by atoms with Gasteiger partial charge in [-0.15, -0.1) is 0 Å². The van der Waals surface area contributed by atoms with Crippen LogP contribution in [0.25, 0.3) is 10.8 Å². The fourth-order valence-corrected chi connectivity index (χ4v) is 5.92. The molecule has 0 heterocycles. The normalized spacial score (nSPS) is 26.9. The smallest absolute Gasteiger partial charge is 0.201 e. The first-order valence-corrected chi connectivity index (χ1v) is 12.4. The molecule has 0 unspecified atom stereocenters. The van der Waals surface area contributed by atoms with Gasteiger partial charge in [0.15, 0.2) is 11.6 Å². The summed E-state index contributed by atoms with van der Waals surface area (Å²) in [6, 6.07) is 7.51. The third kappa shape index (κ3) is 5.08. The molecule has 2 saturated carbocycles. The third-order valence-electron chi connectivity index (χ3n) is 7.77. The molecule has 32 heavy (non-hydrogen) atoms. The molecular weight excluding hydrogens is 402 g/mol. The minimum atomic E-state index is -0.892. The van der Waals surface area contributed by atoms with E-state index in [9.17, 15) is 8.78 Å². The molecule has 2 aromatic rings. The van der Waals surface area contributed by atoms with E-state index < -0.39 is 11.6 Å². The topological polar surface area (TPSA) is 9.23 Å². The van der Waals surface area contributed by atoms with Crippen LogP contribution in [0.15, 0.2) is 48.6 Å². The highest BCUT2D eigenvalue weighted by atomic mass is 19.2. The van der Waals surface area contributed by atoms with Crippen LogP contribution in [-0.4, -0.2) is 6.61 Å². The number of ether oxygens (including phenoxy) is 1. The van der Waals surface area contributed by atoms with Gasteiger partial charge in [-0.05, 0) is 112 Å². The molecule has 0 aromatic heterocycles. The van der Waals surface area contributed by atoms with Gasteiger partial charge in [0.05, 0.1) is 0 Å². The van der Waals surface area contributed by atoms with Crippen LogP contribution in [0.2, 0.25) is 0 Å². The van der Waals surface area contributed by atoms with Crippen molar-refractivity contribution >= 4 is 10.8 Å². The van der Waals surface area contributed by atoms with E-state index in [0.717, 1.165) is 36.2 Å². The first-order valence-electron chi connectivity index (χ1n) is 12.4. The Labute approximate surface area is 191 Å². The molecule has 2 aliphatic carbocycles. The standard InChI is InChI=1S/C29H36F2O/c1-3-5-17-32-27-19-25-16-15-24(18-26(25)28(30)29(27)31)23-13-11-22(12-14-23)21-9-7-20(6-4-2)8-10-21/h3-6,15-16,18-23H,7-14,17H2,1-2H3/b5-3+,6-4+. The lowest BCUT2D eigenvalue weighted by molar-refractivity contribution is 0.171. The highest BCUT2D eigenvalue weighted by Crippen LogP contribution is 2.44. The van der Waals surface area contributed by atoms with E-state index in [4.69, 9.17) is 4.74 Å². The molecule has 0 amide bonds. The number of hydrogen-bond acceptors (Lipinski definition) is 1. The van der Waals surface area contributed by atoms with Crippen molar-refractivity contribution in [2.75, 3.05) is 6.61 Å². The predicted molar refractivity (Wildman–Crippen MR) is 129 cm³/mol. The number of hydrogen-bond donors (Lipinski definition) is 0. The maximum Gasteiger partial charge on any atom is 0.201 e. The third-order valence-corrected chi connectivity index (χ3v) is 7.77. The first kappa shape index (κ1) is 23.0. The summed E-state index contributed by atoms with van der Waals surface area (Å²) in [7, 11) is 0. The summed E-state index contributed by atoms with van der Waals surface area (Å²) in [5.74, 6) is 1.23. The van der Waals surface area contributed by atoms with Gasteiger partial charge >= 0.3 is 0 Å². The minimum Gasteiger partial charge on any atom is -0.486 e. The van der Waals surface area contributed by atoms with Crippen molar-refractivity contribution in [1.82, 2.24) is 0 Å². The maximum atomic E-state index is 14.8. The lowest BCUT2D eigenvalue weighted by Crippen LogP contribution is -2.25. The van der Waals surface area contributed by atoms with E-state index in [2.05, 4.69) is 25.1 Å². The van der Waals surface area contributed by atoms with Crippen molar-refractivity contribution in [2.24, 2.45) is 17.8 Å². The van der Waals surface area contributed by atoms with Crippen LogP contribution in [0, 0.1) is 29.4 Å². The summed E-state index contributed by atoms with van der Waals surface area (Å²) in [6.45, 7) is 4.22. The molecule has 172 valence electrons. The monoisotopic (exact) mass is 438 g/mol. The van der Waals surface area contributed by atoms with Gasteiger partial charge in [0.25, 0.3) is 0 Å². The lowest BCUT2D eigenvalue weighted by Gasteiger charge is -2.37. The molecule has 2 aliphatic rings. The summed E-state index contributed by atoms with van der Waals surface area (Å²) in [6.07, 6.45) is 18.4. The van der Waals surface area contributed by atoms with Crippen LogP contribution in [0.1, 0.15) is 76.7 Å². The molecule has 2 fully saturated rings. The molecule has 0 N–H and O–H groups in total. The SMILES string of the molecule is C/C=C/COc1cc2ccc(C3CCC(C4CCC(/C=C/C)CC4)CC3)cc2c(F)c1F. The zero-order valence-electron chi connectivity index (χ0n) is 19.5. The van der Waals surface area contributed by atoms with E-state index in [1.54, 1.807) is 12.1 Å². The lowest BCUT2D eigenvalue weighted by atomic mass is 9.68. The Bertz CT molecular complexity index is 961. The van der Waals surface area contributed by atoms with Crippen LogP contribution in [0.5, 0.6) is 5.75 Å². The van der Waals surface area contributed by atoms with E-state index in [1.807, 2.05) is 25.1 Å². The molecule has 4 rings (SSSR count). The van der Waals surface area contributed by atoms with E-state index in [1.165, 1.54) is 38.5 Å². The van der Waals surface area contributed by atoms with E-state index in [-0.39, 0.29) is 12.4 Å². The summed E-state index contributed by atoms with van der Waals surface area (Å²) >= 11 is 0. The fourth-order valence-electron chi connectivity index (χ4n) is 5.92. The van der Waals surface area contributed by atoms with Crippen LogP contribution < -0.4 is 4.74 Å². The second-order valence-corrected chi connectivity index (χ2v) is 9.68. The van der Waals surface area contributed by atoms with Gasteiger partial charge < -0.3 is 4.74 Å². The highest BCUT2D eigenvalue weighted by Gasteiger charge is 2.31. The molecule has 0 saturated heterocycles. The number of allylic oxidation sites excluding steroid dienone is 3. The van der Waals surface area contributed by atoms with Gasteiger partial charge in [0.2, 0.25) is 5.82 Å². The average Bonchev–Trinajstić information content (AvgIpc) is 2.83. The molecular formula is C29H36F2O. The zero-order valence-corrected chi connectivity index (χ0v) is 19.5. The van der Waals surface area contributed by atoms with Crippen LogP contribution in [0.4, 0.5) is 8.78 Å². The number of rotatable bonds is 6. The zero-order chi connectivity index (χ0) is 22.5. The van der Waals surface area contributed by atoms with Gasteiger partial charge in [0, 0.05) is 5.39 Å². The van der Waals surface area contributed by atoms with E-state index >= 15 is 0 Å². The quantitative estimate of drug-likeness (QED) is 0.410. The number of halogens is 2. The van der Waals surface area contributed by atoms with Crippen molar-refractivity contribution < 1.29 is 13.5 Å². The van der Waals surface area contributed by atoms with Crippen molar-refractivity contribution in [3.8, 4) is 5.75 Å². The molecule has 2 aromatic carbocycles. The van der Waals surface area contributed by atoms with Crippen LogP contribution >= 0.6 is 0 Å². The largest absolute Gasteiger partial charge is 0.486 e. The van der Waals surface area contributed by atoms with Gasteiger partial charge in [-0.2, -0.15) is 4.39 Å². The molecule has 0 radical (unpaired) electrons. The number of benzene rings is 2. The first-order chi connectivity index (χ1) is 15.6. The maximum absolute atomic E-state index is 14.8. The molecule has 1 nitrogen and oxygen atoms in total. The minimum absolute atomic E-state index is 0.0227. The molecule has 0 bridgehead atoms. The Hall–Kier alpha value is -2.16. The molecule has 0 atom stereocenters. The Kier molecular flexibility index (Phi) is 7.65. The van der Waals surface area contributed by atoms with Crippen molar-refractivity contribution in [2.45, 2.75) is 71.1 Å². The summed E-state index contributed by atoms with van der Waals surface area (Å²) < 4.78 is 34.8. The molecule has 0 aliphatic heterocycles. The van der Waals surface area contributed by atoms with Crippen molar-refractivity contribution in [3.63, 3.8) is 0 Å². The van der Waals surface area contributed by atoms with Gasteiger partial charge in [0.1, 0.15) is 6.61 Å². The predicted octanol–water partition coefficient (Wildman–Crippen LogP) is 8.73. The second kappa shape index (κ2) is 10.6. The molecule has 3 heteroatoms. The van der Waals surface area contributed by atoms with Gasteiger partial charge in [-0.1, -0.05) is 36.4 Å². The average molecular weight is 439 g/mol. The van der Waals surface area contributed by atoms with E-state index in [0.29, 0.717) is 16.7 Å². The van der Waals surface area contributed by atoms with Crippen molar-refractivity contribution in [3.05, 3.63) is 65.8 Å².